The van der Waals surface area contributed by atoms with Crippen molar-refractivity contribution in [3.8, 4) is 0 Å². The molecule has 1 aromatic heterocycles. The third kappa shape index (κ3) is 3.78. The Kier molecular flexibility index (Phi) is 5.64. The average Bonchev–Trinajstić information content (AvgIpc) is 2.59. The van der Waals surface area contributed by atoms with Crippen LogP contribution in [-0.2, 0) is 12.3 Å². The third-order valence-electron chi connectivity index (χ3n) is 2.12. The molecule has 0 fully saturated rings. The van der Waals surface area contributed by atoms with Gasteiger partial charge in [0.05, 0.1) is 5.69 Å². The van der Waals surface area contributed by atoms with E-state index in [1.807, 2.05) is 23.1 Å². The molecule has 1 N–H and O–H groups in total. The summed E-state index contributed by atoms with van der Waals surface area (Å²) >= 11 is 3.70. The number of thioether (sulfide) groups is 1. The SMILES string of the molecule is CCNCc1sc(CSC)nc1C(C)C. The molecule has 0 spiro atoms. The number of hydrogen-bond donors (Lipinski definition) is 1. The molecular weight excluding hydrogens is 224 g/mol. The molecule has 0 saturated heterocycles. The van der Waals surface area contributed by atoms with Crippen LogP contribution in [0.5, 0.6) is 0 Å². The van der Waals surface area contributed by atoms with E-state index in [0.29, 0.717) is 5.92 Å². The van der Waals surface area contributed by atoms with Crippen molar-refractivity contribution in [2.45, 2.75) is 39.0 Å². The van der Waals surface area contributed by atoms with Gasteiger partial charge in [-0.25, -0.2) is 4.98 Å². The Labute approximate surface area is 101 Å². The van der Waals surface area contributed by atoms with E-state index in [9.17, 15) is 0 Å². The first-order valence-electron chi connectivity index (χ1n) is 5.37. The largest absolute Gasteiger partial charge is 0.312 e. The summed E-state index contributed by atoms with van der Waals surface area (Å²) < 4.78 is 0. The fourth-order valence-corrected chi connectivity index (χ4v) is 3.30. The predicted molar refractivity (Wildman–Crippen MR) is 70.8 cm³/mol. The van der Waals surface area contributed by atoms with Gasteiger partial charge in [-0.2, -0.15) is 11.8 Å². The Morgan fingerprint density at radius 1 is 1.47 bits per heavy atom. The van der Waals surface area contributed by atoms with Crippen molar-refractivity contribution < 1.29 is 0 Å². The molecule has 1 heterocycles. The number of nitrogens with one attached hydrogen (secondary N) is 1. The van der Waals surface area contributed by atoms with Crippen LogP contribution in [0.15, 0.2) is 0 Å². The number of nitrogens with zero attached hydrogens (tertiary/aromatic N) is 1. The number of aromatic nitrogens is 1. The van der Waals surface area contributed by atoms with E-state index in [2.05, 4.69) is 32.3 Å². The molecule has 1 aromatic rings. The molecule has 86 valence electrons. The normalized spacial score (nSPS) is 11.3. The van der Waals surface area contributed by atoms with Crippen molar-refractivity contribution in [3.63, 3.8) is 0 Å². The van der Waals surface area contributed by atoms with Crippen molar-refractivity contribution in [1.82, 2.24) is 10.3 Å². The molecule has 1 rings (SSSR count). The van der Waals surface area contributed by atoms with Gasteiger partial charge in [0.25, 0.3) is 0 Å². The van der Waals surface area contributed by atoms with Crippen LogP contribution in [-0.4, -0.2) is 17.8 Å². The van der Waals surface area contributed by atoms with Gasteiger partial charge >= 0.3 is 0 Å². The molecule has 0 amide bonds. The monoisotopic (exact) mass is 244 g/mol. The Morgan fingerprint density at radius 3 is 2.73 bits per heavy atom. The Hall–Kier alpha value is -0.0600. The maximum atomic E-state index is 4.71. The van der Waals surface area contributed by atoms with Gasteiger partial charge < -0.3 is 5.32 Å². The Morgan fingerprint density at radius 2 is 2.20 bits per heavy atom. The number of rotatable bonds is 6. The average molecular weight is 244 g/mol. The number of thiazole rings is 1. The maximum Gasteiger partial charge on any atom is 0.103 e. The first-order chi connectivity index (χ1) is 7.19. The van der Waals surface area contributed by atoms with E-state index in [1.165, 1.54) is 15.6 Å². The van der Waals surface area contributed by atoms with Gasteiger partial charge in [0.1, 0.15) is 5.01 Å². The fourth-order valence-electron chi connectivity index (χ4n) is 1.42. The zero-order valence-electron chi connectivity index (χ0n) is 9.96. The summed E-state index contributed by atoms with van der Waals surface area (Å²) in [4.78, 5) is 6.12. The lowest BCUT2D eigenvalue weighted by atomic mass is 10.1. The molecule has 0 aliphatic heterocycles. The van der Waals surface area contributed by atoms with E-state index in [1.54, 1.807) is 0 Å². The second-order valence-corrected chi connectivity index (χ2v) is 5.82. The summed E-state index contributed by atoms with van der Waals surface area (Å²) in [5.74, 6) is 1.57. The highest BCUT2D eigenvalue weighted by Crippen LogP contribution is 2.26. The van der Waals surface area contributed by atoms with Crippen LogP contribution in [0.2, 0.25) is 0 Å². The van der Waals surface area contributed by atoms with Gasteiger partial charge in [0, 0.05) is 17.2 Å². The number of hydrogen-bond acceptors (Lipinski definition) is 4. The van der Waals surface area contributed by atoms with Crippen molar-refractivity contribution >= 4 is 23.1 Å². The maximum absolute atomic E-state index is 4.71. The Bertz CT molecular complexity index is 295. The molecule has 0 atom stereocenters. The van der Waals surface area contributed by atoms with Crippen LogP contribution in [0.3, 0.4) is 0 Å². The van der Waals surface area contributed by atoms with Crippen molar-refractivity contribution in [1.29, 1.82) is 0 Å². The standard InChI is InChI=1S/C11H20N2S2/c1-5-12-6-9-11(8(2)3)13-10(15-9)7-14-4/h8,12H,5-7H2,1-4H3. The Balaban J connectivity index is 2.80. The lowest BCUT2D eigenvalue weighted by Gasteiger charge is -2.04. The molecule has 0 aliphatic carbocycles. The highest BCUT2D eigenvalue weighted by molar-refractivity contribution is 7.97. The summed E-state index contributed by atoms with van der Waals surface area (Å²) in [6.07, 6.45) is 2.13. The van der Waals surface area contributed by atoms with E-state index in [4.69, 9.17) is 4.98 Å². The molecule has 4 heteroatoms. The molecule has 0 aromatic carbocycles. The summed E-state index contributed by atoms with van der Waals surface area (Å²) in [5, 5.41) is 4.64. The molecule has 0 radical (unpaired) electrons. The van der Waals surface area contributed by atoms with E-state index in [0.717, 1.165) is 18.8 Å². The molecular formula is C11H20N2S2. The first-order valence-corrected chi connectivity index (χ1v) is 7.58. The summed E-state index contributed by atoms with van der Waals surface area (Å²) in [6, 6.07) is 0. The van der Waals surface area contributed by atoms with Crippen molar-refractivity contribution in [2.24, 2.45) is 0 Å². The van der Waals surface area contributed by atoms with Gasteiger partial charge in [-0.15, -0.1) is 11.3 Å². The zero-order valence-corrected chi connectivity index (χ0v) is 11.6. The fraction of sp³-hybridized carbons (Fsp3) is 0.727. The van der Waals surface area contributed by atoms with Crippen LogP contribution in [0.25, 0.3) is 0 Å². The highest BCUT2D eigenvalue weighted by Gasteiger charge is 2.13. The molecule has 2 nitrogen and oxygen atoms in total. The molecule has 0 aliphatic rings. The van der Waals surface area contributed by atoms with Gasteiger partial charge in [-0.1, -0.05) is 20.8 Å². The third-order valence-corrected chi connectivity index (χ3v) is 3.94. The topological polar surface area (TPSA) is 24.9 Å². The minimum absolute atomic E-state index is 0.533. The van der Waals surface area contributed by atoms with E-state index < -0.39 is 0 Å². The lowest BCUT2D eigenvalue weighted by molar-refractivity contribution is 0.713. The van der Waals surface area contributed by atoms with E-state index in [-0.39, 0.29) is 0 Å². The smallest absolute Gasteiger partial charge is 0.103 e. The first kappa shape index (κ1) is 13.0. The minimum Gasteiger partial charge on any atom is -0.312 e. The van der Waals surface area contributed by atoms with Gasteiger partial charge in [-0.3, -0.25) is 0 Å². The summed E-state index contributed by atoms with van der Waals surface area (Å²) in [7, 11) is 0. The summed E-state index contributed by atoms with van der Waals surface area (Å²) in [6.45, 7) is 8.56. The van der Waals surface area contributed by atoms with Gasteiger partial charge in [-0.05, 0) is 18.7 Å². The molecule has 0 bridgehead atoms. The molecule has 15 heavy (non-hydrogen) atoms. The van der Waals surface area contributed by atoms with Gasteiger partial charge in [0.15, 0.2) is 0 Å². The van der Waals surface area contributed by atoms with Gasteiger partial charge in [0.2, 0.25) is 0 Å². The van der Waals surface area contributed by atoms with Crippen LogP contribution in [0.4, 0.5) is 0 Å². The van der Waals surface area contributed by atoms with Crippen molar-refractivity contribution in [3.05, 3.63) is 15.6 Å². The quantitative estimate of drug-likeness (QED) is 0.831. The van der Waals surface area contributed by atoms with Crippen LogP contribution < -0.4 is 5.32 Å². The molecule has 0 unspecified atom stereocenters. The minimum atomic E-state index is 0.533. The second-order valence-electron chi connectivity index (χ2n) is 3.78. The summed E-state index contributed by atoms with van der Waals surface area (Å²) in [5.41, 5.74) is 1.28. The van der Waals surface area contributed by atoms with Crippen molar-refractivity contribution in [2.75, 3.05) is 12.8 Å². The lowest BCUT2D eigenvalue weighted by Crippen LogP contribution is -2.12. The highest BCUT2D eigenvalue weighted by atomic mass is 32.2. The predicted octanol–water partition coefficient (Wildman–Crippen LogP) is 3.24. The van der Waals surface area contributed by atoms with Crippen LogP contribution in [0, 0.1) is 0 Å². The van der Waals surface area contributed by atoms with Crippen LogP contribution in [0.1, 0.15) is 42.3 Å². The zero-order chi connectivity index (χ0) is 11.3. The molecule has 0 saturated carbocycles. The van der Waals surface area contributed by atoms with Crippen LogP contribution >= 0.6 is 23.1 Å². The van der Waals surface area contributed by atoms with E-state index >= 15 is 0 Å². The second kappa shape index (κ2) is 6.51.